The van der Waals surface area contributed by atoms with Crippen molar-refractivity contribution in [1.82, 2.24) is 9.21 Å². The number of carbonyl (C=O) groups is 2. The van der Waals surface area contributed by atoms with Crippen LogP contribution >= 0.6 is 0 Å². The molecule has 0 spiro atoms. The monoisotopic (exact) mass is 368 g/mol. The van der Waals surface area contributed by atoms with Gasteiger partial charge in [-0.15, -0.1) is 0 Å². The first kappa shape index (κ1) is 19.4. The molecule has 7 nitrogen and oxygen atoms in total. The summed E-state index contributed by atoms with van der Waals surface area (Å²) in [7, 11) is -3.48. The van der Waals surface area contributed by atoms with Crippen molar-refractivity contribution in [2.45, 2.75) is 37.5 Å². The highest BCUT2D eigenvalue weighted by molar-refractivity contribution is 7.89. The van der Waals surface area contributed by atoms with E-state index in [9.17, 15) is 18.0 Å². The van der Waals surface area contributed by atoms with Crippen LogP contribution in [0.2, 0.25) is 0 Å². The van der Waals surface area contributed by atoms with Crippen molar-refractivity contribution < 1.29 is 23.1 Å². The zero-order valence-electron chi connectivity index (χ0n) is 14.3. The number of hydrogen-bond donors (Lipinski definition) is 1. The zero-order valence-corrected chi connectivity index (χ0v) is 15.2. The molecule has 0 aliphatic carbocycles. The molecule has 25 heavy (non-hydrogen) atoms. The smallest absolute Gasteiger partial charge is 0.323 e. The summed E-state index contributed by atoms with van der Waals surface area (Å²) in [6, 6.07) is 6.26. The molecule has 0 atom stereocenters. The van der Waals surface area contributed by atoms with Crippen molar-refractivity contribution >= 4 is 21.9 Å². The van der Waals surface area contributed by atoms with Gasteiger partial charge in [0.1, 0.15) is 6.54 Å². The third-order valence-corrected chi connectivity index (χ3v) is 6.20. The number of hydrogen-bond acceptors (Lipinski definition) is 4. The Morgan fingerprint density at radius 1 is 1.12 bits per heavy atom. The summed E-state index contributed by atoms with van der Waals surface area (Å²) < 4.78 is 26.7. The lowest BCUT2D eigenvalue weighted by Gasteiger charge is -2.26. The second-order valence-electron chi connectivity index (χ2n) is 6.09. The van der Waals surface area contributed by atoms with Gasteiger partial charge in [-0.3, -0.25) is 9.59 Å². The van der Waals surface area contributed by atoms with Crippen molar-refractivity contribution in [2.75, 3.05) is 26.2 Å². The number of aliphatic carboxylic acids is 1. The first-order valence-corrected chi connectivity index (χ1v) is 9.87. The Bertz CT molecular complexity index is 709. The van der Waals surface area contributed by atoms with Gasteiger partial charge in [0.05, 0.1) is 11.3 Å². The maximum Gasteiger partial charge on any atom is 0.323 e. The van der Waals surface area contributed by atoms with Gasteiger partial charge in [0.15, 0.2) is 0 Å². The van der Waals surface area contributed by atoms with Crippen LogP contribution in [0.5, 0.6) is 0 Å². The van der Waals surface area contributed by atoms with E-state index in [0.717, 1.165) is 19.3 Å². The van der Waals surface area contributed by atoms with E-state index in [4.69, 9.17) is 5.11 Å². The molecule has 0 saturated carbocycles. The van der Waals surface area contributed by atoms with Gasteiger partial charge in [-0.25, -0.2) is 8.42 Å². The van der Waals surface area contributed by atoms with Gasteiger partial charge in [-0.1, -0.05) is 18.6 Å². The van der Waals surface area contributed by atoms with Crippen LogP contribution in [0.25, 0.3) is 0 Å². The number of amides is 1. The van der Waals surface area contributed by atoms with Gasteiger partial charge in [0.25, 0.3) is 0 Å². The van der Waals surface area contributed by atoms with E-state index < -0.39 is 16.0 Å². The average Bonchev–Trinajstić information content (AvgIpc) is 2.60. The molecule has 0 unspecified atom stereocenters. The Morgan fingerprint density at radius 2 is 1.72 bits per heavy atom. The minimum atomic E-state index is -3.48. The van der Waals surface area contributed by atoms with E-state index in [2.05, 4.69) is 0 Å². The molecule has 0 radical (unpaired) electrons. The molecule has 2 rings (SSSR count). The highest BCUT2D eigenvalue weighted by Crippen LogP contribution is 2.21. The molecule has 0 bridgehead atoms. The molecule has 1 N–H and O–H groups in total. The Labute approximate surface area is 148 Å². The van der Waals surface area contributed by atoms with Gasteiger partial charge in [-0.2, -0.15) is 4.31 Å². The fourth-order valence-corrected chi connectivity index (χ4v) is 4.38. The third-order valence-electron chi connectivity index (χ3n) is 4.29. The van der Waals surface area contributed by atoms with E-state index in [1.165, 1.54) is 21.3 Å². The summed E-state index contributed by atoms with van der Waals surface area (Å²) >= 11 is 0. The van der Waals surface area contributed by atoms with Gasteiger partial charge in [0.2, 0.25) is 15.9 Å². The maximum atomic E-state index is 12.6. The Morgan fingerprint density at radius 3 is 2.24 bits per heavy atom. The van der Waals surface area contributed by atoms with Crippen LogP contribution in [0.15, 0.2) is 29.2 Å². The third kappa shape index (κ3) is 5.02. The normalized spacial score (nSPS) is 15.7. The summed E-state index contributed by atoms with van der Waals surface area (Å²) in [5.74, 6) is -1.35. The lowest BCUT2D eigenvalue weighted by Crippen LogP contribution is -2.36. The zero-order chi connectivity index (χ0) is 18.4. The minimum Gasteiger partial charge on any atom is -0.480 e. The van der Waals surface area contributed by atoms with Crippen LogP contribution in [-0.2, 0) is 26.0 Å². The second-order valence-corrected chi connectivity index (χ2v) is 8.03. The molecule has 138 valence electrons. The van der Waals surface area contributed by atoms with Crippen LogP contribution < -0.4 is 0 Å². The van der Waals surface area contributed by atoms with E-state index in [1.807, 2.05) is 0 Å². The fraction of sp³-hybridized carbons (Fsp3) is 0.529. The number of likely N-dealkylation sites (N-methyl/N-ethyl adjacent to an activating group) is 1. The van der Waals surface area contributed by atoms with E-state index in [1.54, 1.807) is 19.1 Å². The van der Waals surface area contributed by atoms with Gasteiger partial charge in [-0.05, 0) is 37.5 Å². The summed E-state index contributed by atoms with van der Waals surface area (Å²) in [5, 5.41) is 8.81. The topological polar surface area (TPSA) is 95.0 Å². The second kappa shape index (κ2) is 8.44. The summed E-state index contributed by atoms with van der Waals surface area (Å²) in [4.78, 5) is 24.4. The highest BCUT2D eigenvalue weighted by atomic mass is 32.2. The van der Waals surface area contributed by atoms with Crippen LogP contribution in [0.4, 0.5) is 0 Å². The molecule has 1 aromatic rings. The van der Waals surface area contributed by atoms with Crippen molar-refractivity contribution in [3.8, 4) is 0 Å². The number of benzene rings is 1. The van der Waals surface area contributed by atoms with Gasteiger partial charge in [0, 0.05) is 19.6 Å². The number of nitrogens with zero attached hydrogens (tertiary/aromatic N) is 2. The molecule has 1 amide bonds. The number of piperidine rings is 1. The highest BCUT2D eigenvalue weighted by Gasteiger charge is 2.25. The molecule has 1 aliphatic heterocycles. The standard InChI is InChI=1S/C17H24N2O5S/c1-2-18(13-17(21)22)16(20)12-14-6-8-15(9-7-14)25(23,24)19-10-4-3-5-11-19/h6-9H,2-5,10-13H2,1H3,(H,21,22). The molecular formula is C17H24N2O5S. The maximum absolute atomic E-state index is 12.6. The van der Waals surface area contributed by atoms with Crippen molar-refractivity contribution in [3.63, 3.8) is 0 Å². The molecule has 1 aromatic carbocycles. The van der Waals surface area contributed by atoms with Crippen LogP contribution in [-0.4, -0.2) is 60.8 Å². The number of sulfonamides is 1. The first-order valence-electron chi connectivity index (χ1n) is 8.43. The Hall–Kier alpha value is -1.93. The molecule has 1 aliphatic rings. The lowest BCUT2D eigenvalue weighted by molar-refractivity contribution is -0.144. The van der Waals surface area contributed by atoms with Crippen molar-refractivity contribution in [1.29, 1.82) is 0 Å². The summed E-state index contributed by atoms with van der Waals surface area (Å²) in [6.07, 6.45) is 2.85. The molecule has 1 heterocycles. The minimum absolute atomic E-state index is 0.0468. The largest absolute Gasteiger partial charge is 0.480 e. The molecule has 1 fully saturated rings. The molecular weight excluding hydrogens is 344 g/mol. The molecule has 1 saturated heterocycles. The van der Waals surface area contributed by atoms with Crippen molar-refractivity contribution in [3.05, 3.63) is 29.8 Å². The van der Waals surface area contributed by atoms with Crippen molar-refractivity contribution in [2.24, 2.45) is 0 Å². The Balaban J connectivity index is 2.06. The molecule has 0 aromatic heterocycles. The average molecular weight is 368 g/mol. The fourth-order valence-electron chi connectivity index (χ4n) is 2.86. The van der Waals surface area contributed by atoms with Crippen LogP contribution in [0.1, 0.15) is 31.7 Å². The summed E-state index contributed by atoms with van der Waals surface area (Å²) in [5.41, 5.74) is 0.659. The van der Waals surface area contributed by atoms with Gasteiger partial charge >= 0.3 is 5.97 Å². The number of carboxylic acid groups (broad SMARTS) is 1. The SMILES string of the molecule is CCN(CC(=O)O)C(=O)Cc1ccc(S(=O)(=O)N2CCCCC2)cc1. The van der Waals surface area contributed by atoms with Crippen LogP contribution in [0.3, 0.4) is 0 Å². The van der Waals surface area contributed by atoms with E-state index >= 15 is 0 Å². The predicted molar refractivity (Wildman–Crippen MR) is 92.6 cm³/mol. The number of carbonyl (C=O) groups excluding carboxylic acids is 1. The van der Waals surface area contributed by atoms with Crippen LogP contribution in [0, 0.1) is 0 Å². The predicted octanol–water partition coefficient (Wildman–Crippen LogP) is 1.34. The van der Waals surface area contributed by atoms with Gasteiger partial charge < -0.3 is 10.0 Å². The Kier molecular flexibility index (Phi) is 6.55. The first-order chi connectivity index (χ1) is 11.8. The molecule has 8 heteroatoms. The quantitative estimate of drug-likeness (QED) is 0.784. The summed E-state index contributed by atoms with van der Waals surface area (Å²) in [6.45, 7) is 2.78. The number of carboxylic acids is 1. The van der Waals surface area contributed by atoms with E-state index in [0.29, 0.717) is 25.2 Å². The number of rotatable bonds is 7. The van der Waals surface area contributed by atoms with E-state index in [-0.39, 0.29) is 23.8 Å². The lowest BCUT2D eigenvalue weighted by atomic mass is 10.1.